The number of nitrogens with zero attached hydrogens (tertiary/aromatic N) is 1. The molecule has 0 radical (unpaired) electrons. The summed E-state index contributed by atoms with van der Waals surface area (Å²) in [6.07, 6.45) is -0.650. The Labute approximate surface area is 136 Å². The topological polar surface area (TPSA) is 44.0 Å². The van der Waals surface area contributed by atoms with Crippen LogP contribution < -0.4 is 0 Å². The van der Waals surface area contributed by atoms with Crippen LogP contribution in [0.15, 0.2) is 84.9 Å². The maximum atomic E-state index is 10.4. The molecule has 0 heterocycles. The third-order valence-electron chi connectivity index (χ3n) is 3.96. The van der Waals surface area contributed by atoms with Gasteiger partial charge in [-0.1, -0.05) is 84.9 Å². The standard InChI is InChI=1S/C21H17NO/c22-15-20(16-7-3-1-4-8-16)17-11-13-19(14-12-17)21(23)18-9-5-2-6-10-18/h1-14,20-21,23H/t20-,21+/m0/s1. The van der Waals surface area contributed by atoms with Gasteiger partial charge in [-0.25, -0.2) is 0 Å². The van der Waals surface area contributed by atoms with Gasteiger partial charge in [0.25, 0.3) is 0 Å². The first kappa shape index (κ1) is 15.0. The van der Waals surface area contributed by atoms with Gasteiger partial charge in [-0.05, 0) is 22.3 Å². The van der Waals surface area contributed by atoms with Gasteiger partial charge >= 0.3 is 0 Å². The Morgan fingerprint density at radius 1 is 0.609 bits per heavy atom. The van der Waals surface area contributed by atoms with Gasteiger partial charge in [-0.15, -0.1) is 0 Å². The molecule has 23 heavy (non-hydrogen) atoms. The molecule has 2 atom stereocenters. The fourth-order valence-corrected chi connectivity index (χ4v) is 2.69. The molecule has 3 rings (SSSR count). The quantitative estimate of drug-likeness (QED) is 0.774. The number of aliphatic hydroxyl groups excluding tert-OH is 1. The second-order valence-electron chi connectivity index (χ2n) is 5.45. The molecule has 0 saturated carbocycles. The normalized spacial score (nSPS) is 13.0. The molecule has 3 aromatic rings. The number of rotatable bonds is 4. The third-order valence-corrected chi connectivity index (χ3v) is 3.96. The van der Waals surface area contributed by atoms with Crippen LogP contribution in [0.5, 0.6) is 0 Å². The summed E-state index contributed by atoms with van der Waals surface area (Å²) in [5.74, 6) is -0.292. The number of hydrogen-bond donors (Lipinski definition) is 1. The van der Waals surface area contributed by atoms with E-state index in [1.165, 1.54) is 0 Å². The van der Waals surface area contributed by atoms with E-state index in [1.807, 2.05) is 84.9 Å². The van der Waals surface area contributed by atoms with Gasteiger partial charge in [0, 0.05) is 0 Å². The highest BCUT2D eigenvalue weighted by molar-refractivity contribution is 5.40. The summed E-state index contributed by atoms with van der Waals surface area (Å²) < 4.78 is 0. The average molecular weight is 299 g/mol. The van der Waals surface area contributed by atoms with Gasteiger partial charge in [-0.3, -0.25) is 0 Å². The molecule has 0 aliphatic heterocycles. The van der Waals surface area contributed by atoms with Crippen LogP contribution in [0.25, 0.3) is 0 Å². The Hall–Kier alpha value is -2.89. The predicted octanol–water partition coefficient (Wildman–Crippen LogP) is 4.42. The summed E-state index contributed by atoms with van der Waals surface area (Å²) in [6, 6.07) is 29.3. The van der Waals surface area contributed by atoms with E-state index in [9.17, 15) is 10.4 Å². The summed E-state index contributed by atoms with van der Waals surface area (Å²) in [6.45, 7) is 0. The summed E-state index contributed by atoms with van der Waals surface area (Å²) in [7, 11) is 0. The van der Waals surface area contributed by atoms with Gasteiger partial charge in [0.15, 0.2) is 0 Å². The minimum Gasteiger partial charge on any atom is -0.384 e. The minimum absolute atomic E-state index is 0.292. The molecule has 0 spiro atoms. The molecule has 0 fully saturated rings. The summed E-state index contributed by atoms with van der Waals surface area (Å²) in [5.41, 5.74) is 3.60. The van der Waals surface area contributed by atoms with Crippen molar-refractivity contribution in [2.45, 2.75) is 12.0 Å². The fourth-order valence-electron chi connectivity index (χ4n) is 2.69. The van der Waals surface area contributed by atoms with Crippen molar-refractivity contribution in [2.24, 2.45) is 0 Å². The average Bonchev–Trinajstić information content (AvgIpc) is 2.64. The molecule has 0 saturated heterocycles. The smallest absolute Gasteiger partial charge is 0.104 e. The van der Waals surface area contributed by atoms with E-state index in [1.54, 1.807) is 0 Å². The fraction of sp³-hybridized carbons (Fsp3) is 0.0952. The molecular weight excluding hydrogens is 282 g/mol. The Morgan fingerprint density at radius 2 is 1.00 bits per heavy atom. The highest BCUT2D eigenvalue weighted by Gasteiger charge is 2.15. The van der Waals surface area contributed by atoms with Crippen LogP contribution >= 0.6 is 0 Å². The van der Waals surface area contributed by atoms with Gasteiger partial charge in [0.1, 0.15) is 6.10 Å². The van der Waals surface area contributed by atoms with Crippen LogP contribution in [-0.2, 0) is 0 Å². The lowest BCUT2D eigenvalue weighted by molar-refractivity contribution is 0.220. The third kappa shape index (κ3) is 3.31. The first-order valence-electron chi connectivity index (χ1n) is 7.57. The molecule has 0 amide bonds. The molecule has 112 valence electrons. The van der Waals surface area contributed by atoms with Crippen molar-refractivity contribution in [3.63, 3.8) is 0 Å². The second-order valence-corrected chi connectivity index (χ2v) is 5.45. The molecule has 2 nitrogen and oxygen atoms in total. The predicted molar refractivity (Wildman–Crippen MR) is 90.8 cm³/mol. The highest BCUT2D eigenvalue weighted by Crippen LogP contribution is 2.27. The van der Waals surface area contributed by atoms with Crippen molar-refractivity contribution >= 4 is 0 Å². The molecule has 0 aliphatic carbocycles. The molecule has 2 heteroatoms. The SMILES string of the molecule is N#C[C@@H](c1ccccc1)c1ccc([C@H](O)c2ccccc2)cc1. The van der Waals surface area contributed by atoms with Crippen molar-refractivity contribution in [1.29, 1.82) is 5.26 Å². The number of benzene rings is 3. The number of nitriles is 1. The number of hydrogen-bond acceptors (Lipinski definition) is 2. The van der Waals surface area contributed by atoms with Gasteiger partial charge < -0.3 is 5.11 Å². The van der Waals surface area contributed by atoms with E-state index in [0.717, 1.165) is 22.3 Å². The van der Waals surface area contributed by atoms with Crippen molar-refractivity contribution in [2.75, 3.05) is 0 Å². The van der Waals surface area contributed by atoms with Crippen molar-refractivity contribution in [3.8, 4) is 6.07 Å². The molecule has 0 bridgehead atoms. The molecule has 3 aromatic carbocycles. The lowest BCUT2D eigenvalue weighted by atomic mass is 9.91. The Kier molecular flexibility index (Phi) is 4.52. The first-order valence-corrected chi connectivity index (χ1v) is 7.57. The van der Waals surface area contributed by atoms with E-state index in [0.29, 0.717) is 0 Å². The summed E-state index contributed by atoms with van der Waals surface area (Å²) >= 11 is 0. The van der Waals surface area contributed by atoms with E-state index in [4.69, 9.17) is 0 Å². The van der Waals surface area contributed by atoms with Gasteiger partial charge in [0.2, 0.25) is 0 Å². The van der Waals surface area contributed by atoms with Crippen LogP contribution in [0, 0.1) is 11.3 Å². The zero-order valence-electron chi connectivity index (χ0n) is 12.6. The summed E-state index contributed by atoms with van der Waals surface area (Å²) in [5, 5.41) is 19.9. The maximum absolute atomic E-state index is 10.4. The highest BCUT2D eigenvalue weighted by atomic mass is 16.3. The zero-order valence-corrected chi connectivity index (χ0v) is 12.6. The molecular formula is C21H17NO. The van der Waals surface area contributed by atoms with Crippen LogP contribution in [-0.4, -0.2) is 5.11 Å². The Morgan fingerprint density at radius 3 is 1.52 bits per heavy atom. The zero-order chi connectivity index (χ0) is 16.1. The van der Waals surface area contributed by atoms with Crippen LogP contribution in [0.1, 0.15) is 34.3 Å². The van der Waals surface area contributed by atoms with Crippen LogP contribution in [0.3, 0.4) is 0 Å². The van der Waals surface area contributed by atoms with Gasteiger partial charge in [-0.2, -0.15) is 5.26 Å². The van der Waals surface area contributed by atoms with E-state index < -0.39 is 6.10 Å². The Bertz CT molecular complexity index is 789. The van der Waals surface area contributed by atoms with Crippen molar-refractivity contribution < 1.29 is 5.11 Å². The van der Waals surface area contributed by atoms with Gasteiger partial charge in [0.05, 0.1) is 12.0 Å². The minimum atomic E-state index is -0.650. The van der Waals surface area contributed by atoms with Crippen molar-refractivity contribution in [3.05, 3.63) is 107 Å². The molecule has 0 unspecified atom stereocenters. The maximum Gasteiger partial charge on any atom is 0.104 e. The molecule has 0 aliphatic rings. The largest absolute Gasteiger partial charge is 0.384 e. The number of aliphatic hydroxyl groups is 1. The lowest BCUT2D eigenvalue weighted by Gasteiger charge is -2.14. The lowest BCUT2D eigenvalue weighted by Crippen LogP contribution is -2.01. The van der Waals surface area contributed by atoms with Crippen LogP contribution in [0.2, 0.25) is 0 Å². The van der Waals surface area contributed by atoms with E-state index >= 15 is 0 Å². The molecule has 1 N–H and O–H groups in total. The molecule has 0 aromatic heterocycles. The first-order chi connectivity index (χ1) is 11.3. The second kappa shape index (κ2) is 6.91. The van der Waals surface area contributed by atoms with E-state index in [2.05, 4.69) is 6.07 Å². The van der Waals surface area contributed by atoms with Crippen molar-refractivity contribution in [1.82, 2.24) is 0 Å². The van der Waals surface area contributed by atoms with E-state index in [-0.39, 0.29) is 5.92 Å². The Balaban J connectivity index is 1.86. The summed E-state index contributed by atoms with van der Waals surface area (Å²) in [4.78, 5) is 0. The van der Waals surface area contributed by atoms with Crippen LogP contribution in [0.4, 0.5) is 0 Å². The monoisotopic (exact) mass is 299 g/mol.